The molecule has 0 aliphatic carbocycles. The molecule has 1 aromatic carbocycles. The molecule has 7 heteroatoms. The Morgan fingerprint density at radius 2 is 1.86 bits per heavy atom. The first-order valence-electron chi connectivity index (χ1n) is 7.51. The summed E-state index contributed by atoms with van der Waals surface area (Å²) in [5.74, 6) is 0.696. The number of hydrogen-bond acceptors (Lipinski definition) is 3. The topological polar surface area (TPSA) is 92.5 Å². The van der Waals surface area contributed by atoms with Crippen LogP contribution in [0.25, 0.3) is 0 Å². The van der Waals surface area contributed by atoms with E-state index in [9.17, 15) is 13.2 Å². The first-order valence-corrected chi connectivity index (χ1v) is 9.05. The number of urea groups is 1. The van der Waals surface area contributed by atoms with Crippen molar-refractivity contribution < 1.29 is 13.2 Å². The van der Waals surface area contributed by atoms with E-state index in [0.717, 1.165) is 31.5 Å². The zero-order valence-electron chi connectivity index (χ0n) is 12.8. The summed E-state index contributed by atoms with van der Waals surface area (Å²) in [4.78, 5) is 14.0. The zero-order valence-corrected chi connectivity index (χ0v) is 13.6. The highest BCUT2D eigenvalue weighted by molar-refractivity contribution is 7.89. The maximum absolute atomic E-state index is 12.0. The zero-order chi connectivity index (χ0) is 16.2. The van der Waals surface area contributed by atoms with Crippen LogP contribution in [0.2, 0.25) is 0 Å². The molecule has 22 heavy (non-hydrogen) atoms. The van der Waals surface area contributed by atoms with E-state index < -0.39 is 10.0 Å². The second-order valence-corrected chi connectivity index (χ2v) is 7.40. The fraction of sp³-hybridized carbons (Fsp3) is 0.533. The molecule has 1 aromatic rings. The van der Waals surface area contributed by atoms with Crippen molar-refractivity contribution in [2.45, 2.75) is 31.1 Å². The van der Waals surface area contributed by atoms with Gasteiger partial charge in [0.15, 0.2) is 0 Å². The van der Waals surface area contributed by atoms with Crippen molar-refractivity contribution in [2.75, 3.05) is 19.6 Å². The van der Waals surface area contributed by atoms with Gasteiger partial charge >= 0.3 is 6.03 Å². The molecule has 0 bridgehead atoms. The molecule has 0 unspecified atom stereocenters. The van der Waals surface area contributed by atoms with E-state index in [4.69, 9.17) is 5.14 Å². The summed E-state index contributed by atoms with van der Waals surface area (Å²) in [6.07, 6.45) is 2.77. The molecule has 2 rings (SSSR count). The number of nitrogens with two attached hydrogens (primary N) is 1. The second kappa shape index (κ2) is 7.11. The third-order valence-corrected chi connectivity index (χ3v) is 4.94. The van der Waals surface area contributed by atoms with Crippen LogP contribution in [0.4, 0.5) is 4.79 Å². The standard InChI is InChI=1S/C15H23N3O3S/c1-12-7-10-18(11-8-12)15(19)17-9-6-13-2-4-14(5-3-13)22(16,20)21/h2-5,12H,6-11H2,1H3,(H,17,19)(H2,16,20,21). The van der Waals surface area contributed by atoms with Gasteiger partial charge in [0.1, 0.15) is 0 Å². The highest BCUT2D eigenvalue weighted by Crippen LogP contribution is 2.15. The molecular formula is C15H23N3O3S. The maximum atomic E-state index is 12.0. The number of primary sulfonamides is 1. The van der Waals surface area contributed by atoms with Gasteiger partial charge in [0.05, 0.1) is 4.90 Å². The predicted molar refractivity (Wildman–Crippen MR) is 84.9 cm³/mol. The molecular weight excluding hydrogens is 302 g/mol. The van der Waals surface area contributed by atoms with Gasteiger partial charge in [-0.05, 0) is 42.9 Å². The van der Waals surface area contributed by atoms with Crippen molar-refractivity contribution in [1.29, 1.82) is 0 Å². The van der Waals surface area contributed by atoms with Gasteiger partial charge in [-0.3, -0.25) is 0 Å². The van der Waals surface area contributed by atoms with Gasteiger partial charge in [-0.25, -0.2) is 18.4 Å². The number of carbonyl (C=O) groups is 1. The van der Waals surface area contributed by atoms with Crippen LogP contribution in [0.1, 0.15) is 25.3 Å². The van der Waals surface area contributed by atoms with E-state index in [1.807, 2.05) is 4.90 Å². The van der Waals surface area contributed by atoms with E-state index in [1.54, 1.807) is 12.1 Å². The first-order chi connectivity index (χ1) is 10.4. The highest BCUT2D eigenvalue weighted by atomic mass is 32.2. The lowest BCUT2D eigenvalue weighted by molar-refractivity contribution is 0.174. The van der Waals surface area contributed by atoms with Crippen molar-refractivity contribution in [2.24, 2.45) is 11.1 Å². The van der Waals surface area contributed by atoms with Crippen LogP contribution in [-0.4, -0.2) is 39.0 Å². The lowest BCUT2D eigenvalue weighted by Gasteiger charge is -2.30. The minimum absolute atomic E-state index is 0.0203. The summed E-state index contributed by atoms with van der Waals surface area (Å²) in [6, 6.07) is 6.38. The number of nitrogens with zero attached hydrogens (tertiary/aromatic N) is 1. The number of sulfonamides is 1. The smallest absolute Gasteiger partial charge is 0.317 e. The minimum Gasteiger partial charge on any atom is -0.338 e. The van der Waals surface area contributed by atoms with Gasteiger partial charge in [0.2, 0.25) is 10.0 Å². The summed E-state index contributed by atoms with van der Waals surface area (Å²) >= 11 is 0. The first kappa shape index (κ1) is 16.8. The van der Waals surface area contributed by atoms with Crippen molar-refractivity contribution in [3.05, 3.63) is 29.8 Å². The summed E-state index contributed by atoms with van der Waals surface area (Å²) in [5, 5.41) is 7.95. The Labute approximate surface area is 131 Å². The molecule has 1 aliphatic heterocycles. The predicted octanol–water partition coefficient (Wildman–Crippen LogP) is 1.32. The summed E-state index contributed by atoms with van der Waals surface area (Å²) in [7, 11) is -3.65. The third-order valence-electron chi connectivity index (χ3n) is 4.01. The van der Waals surface area contributed by atoms with Crippen molar-refractivity contribution in [3.8, 4) is 0 Å². The van der Waals surface area contributed by atoms with E-state index >= 15 is 0 Å². The molecule has 1 heterocycles. The monoisotopic (exact) mass is 325 g/mol. The van der Waals surface area contributed by atoms with Crippen molar-refractivity contribution in [3.63, 3.8) is 0 Å². The molecule has 3 N–H and O–H groups in total. The largest absolute Gasteiger partial charge is 0.338 e. The van der Waals surface area contributed by atoms with Gasteiger partial charge in [0, 0.05) is 19.6 Å². The fourth-order valence-electron chi connectivity index (χ4n) is 2.48. The number of rotatable bonds is 4. The van der Waals surface area contributed by atoms with Crippen molar-refractivity contribution in [1.82, 2.24) is 10.2 Å². The van der Waals surface area contributed by atoms with Crippen LogP contribution in [0.15, 0.2) is 29.2 Å². The molecule has 1 fully saturated rings. The number of benzene rings is 1. The number of hydrogen-bond donors (Lipinski definition) is 2. The number of carbonyl (C=O) groups excluding carboxylic acids is 1. The number of nitrogens with one attached hydrogen (secondary N) is 1. The SMILES string of the molecule is CC1CCN(C(=O)NCCc2ccc(S(N)(=O)=O)cc2)CC1. The van der Waals surface area contributed by atoms with E-state index in [-0.39, 0.29) is 10.9 Å². The van der Waals surface area contributed by atoms with Crippen LogP contribution >= 0.6 is 0 Å². The molecule has 122 valence electrons. The molecule has 0 aromatic heterocycles. The Kier molecular flexibility index (Phi) is 5.42. The fourth-order valence-corrected chi connectivity index (χ4v) is 3.00. The van der Waals surface area contributed by atoms with Crippen LogP contribution in [-0.2, 0) is 16.4 Å². The summed E-state index contributed by atoms with van der Waals surface area (Å²) in [5.41, 5.74) is 0.958. The van der Waals surface area contributed by atoms with Crippen LogP contribution in [0.3, 0.4) is 0 Å². The average molecular weight is 325 g/mol. The number of amides is 2. The van der Waals surface area contributed by atoms with Gasteiger partial charge < -0.3 is 10.2 Å². The number of likely N-dealkylation sites (tertiary alicyclic amines) is 1. The second-order valence-electron chi connectivity index (χ2n) is 5.84. The Balaban J connectivity index is 1.77. The molecule has 0 saturated carbocycles. The lowest BCUT2D eigenvalue weighted by Crippen LogP contribution is -2.44. The maximum Gasteiger partial charge on any atom is 0.317 e. The van der Waals surface area contributed by atoms with Gasteiger partial charge in [0.25, 0.3) is 0 Å². The van der Waals surface area contributed by atoms with Crippen LogP contribution in [0.5, 0.6) is 0 Å². The molecule has 0 atom stereocenters. The van der Waals surface area contributed by atoms with Crippen LogP contribution in [0, 0.1) is 5.92 Å². The Bertz CT molecular complexity index is 605. The molecule has 1 aliphatic rings. The summed E-state index contributed by atoms with van der Waals surface area (Å²) in [6.45, 7) is 4.37. The lowest BCUT2D eigenvalue weighted by atomic mass is 10.00. The number of piperidine rings is 1. The van der Waals surface area contributed by atoms with Gasteiger partial charge in [-0.1, -0.05) is 19.1 Å². The van der Waals surface area contributed by atoms with E-state index in [0.29, 0.717) is 18.9 Å². The Hall–Kier alpha value is -1.60. The average Bonchev–Trinajstić information content (AvgIpc) is 2.47. The van der Waals surface area contributed by atoms with Gasteiger partial charge in [-0.15, -0.1) is 0 Å². The molecule has 6 nitrogen and oxygen atoms in total. The van der Waals surface area contributed by atoms with E-state index in [1.165, 1.54) is 12.1 Å². The summed E-state index contributed by atoms with van der Waals surface area (Å²) < 4.78 is 22.3. The quantitative estimate of drug-likeness (QED) is 0.874. The van der Waals surface area contributed by atoms with E-state index in [2.05, 4.69) is 12.2 Å². The minimum atomic E-state index is -3.65. The van der Waals surface area contributed by atoms with Crippen molar-refractivity contribution >= 4 is 16.1 Å². The Morgan fingerprint density at radius 1 is 1.27 bits per heavy atom. The van der Waals surface area contributed by atoms with Gasteiger partial charge in [-0.2, -0.15) is 0 Å². The highest BCUT2D eigenvalue weighted by Gasteiger charge is 2.19. The molecule has 2 amide bonds. The molecule has 0 radical (unpaired) electrons. The third kappa shape index (κ3) is 4.71. The van der Waals surface area contributed by atoms with Crippen LogP contribution < -0.4 is 10.5 Å². The normalized spacial score (nSPS) is 16.5. The Morgan fingerprint density at radius 3 is 2.41 bits per heavy atom. The molecule has 0 spiro atoms. The molecule has 1 saturated heterocycles.